The van der Waals surface area contributed by atoms with Crippen molar-refractivity contribution in [3.8, 4) is 11.5 Å². The van der Waals surface area contributed by atoms with Gasteiger partial charge < -0.3 is 15.0 Å². The van der Waals surface area contributed by atoms with Gasteiger partial charge in [0.1, 0.15) is 13.2 Å². The lowest BCUT2D eigenvalue weighted by atomic mass is 10.1. The molecule has 1 aromatic heterocycles. The van der Waals surface area contributed by atoms with Gasteiger partial charge in [0.2, 0.25) is 0 Å². The zero-order valence-corrected chi connectivity index (χ0v) is 10.4. The Kier molecular flexibility index (Phi) is 4.35. The van der Waals surface area contributed by atoms with E-state index in [2.05, 4.69) is 14.9 Å². The Morgan fingerprint density at radius 2 is 2.10 bits per heavy atom. The molecule has 0 atom stereocenters. The summed E-state index contributed by atoms with van der Waals surface area (Å²) in [5.74, 6) is 0.272. The standard InChI is InChI=1S/C12H12F3N3O2/c13-12(14,15)7-19-6-10-17-11(20-18-10)9-3-1-2-8(4-9)5-16/h1-4H,5-7,16H2. The van der Waals surface area contributed by atoms with Gasteiger partial charge in [-0.15, -0.1) is 0 Å². The van der Waals surface area contributed by atoms with Gasteiger partial charge >= 0.3 is 6.18 Å². The summed E-state index contributed by atoms with van der Waals surface area (Å²) >= 11 is 0. The summed E-state index contributed by atoms with van der Waals surface area (Å²) in [7, 11) is 0. The summed E-state index contributed by atoms with van der Waals surface area (Å²) in [6.07, 6.45) is -4.37. The van der Waals surface area contributed by atoms with Gasteiger partial charge in [0.15, 0.2) is 5.82 Å². The second-order valence-electron chi connectivity index (χ2n) is 4.03. The van der Waals surface area contributed by atoms with Gasteiger partial charge in [-0.25, -0.2) is 0 Å². The van der Waals surface area contributed by atoms with Crippen molar-refractivity contribution in [2.24, 2.45) is 5.73 Å². The summed E-state index contributed by atoms with van der Waals surface area (Å²) in [5, 5.41) is 3.56. The molecule has 5 nitrogen and oxygen atoms in total. The molecule has 0 fully saturated rings. The van der Waals surface area contributed by atoms with Crippen LogP contribution in [0.25, 0.3) is 11.5 Å². The van der Waals surface area contributed by atoms with Crippen molar-refractivity contribution >= 4 is 0 Å². The van der Waals surface area contributed by atoms with Crippen LogP contribution < -0.4 is 5.73 Å². The normalized spacial score (nSPS) is 11.8. The van der Waals surface area contributed by atoms with E-state index in [4.69, 9.17) is 10.3 Å². The first kappa shape index (κ1) is 14.5. The van der Waals surface area contributed by atoms with E-state index in [0.29, 0.717) is 12.1 Å². The van der Waals surface area contributed by atoms with Crippen LogP contribution in [0, 0.1) is 0 Å². The third-order valence-corrected chi connectivity index (χ3v) is 2.37. The number of alkyl halides is 3. The smallest absolute Gasteiger partial charge is 0.364 e. The topological polar surface area (TPSA) is 74.2 Å². The second-order valence-corrected chi connectivity index (χ2v) is 4.03. The molecule has 0 saturated carbocycles. The van der Waals surface area contributed by atoms with Gasteiger partial charge in [0.05, 0.1) is 0 Å². The first-order valence-electron chi connectivity index (χ1n) is 5.74. The number of ether oxygens (including phenoxy) is 1. The molecule has 0 aliphatic heterocycles. The number of hydrogen-bond donors (Lipinski definition) is 1. The van der Waals surface area contributed by atoms with Gasteiger partial charge in [-0.1, -0.05) is 17.3 Å². The molecule has 0 saturated heterocycles. The molecule has 8 heteroatoms. The zero-order chi connectivity index (χ0) is 14.6. The quantitative estimate of drug-likeness (QED) is 0.913. The fourth-order valence-corrected chi connectivity index (χ4v) is 1.52. The molecule has 0 unspecified atom stereocenters. The van der Waals surface area contributed by atoms with Crippen molar-refractivity contribution in [3.05, 3.63) is 35.7 Å². The third-order valence-electron chi connectivity index (χ3n) is 2.37. The summed E-state index contributed by atoms with van der Waals surface area (Å²) in [6.45, 7) is -1.34. The molecule has 2 N–H and O–H groups in total. The van der Waals surface area contributed by atoms with Crippen LogP contribution in [0.2, 0.25) is 0 Å². The van der Waals surface area contributed by atoms with Crippen molar-refractivity contribution < 1.29 is 22.4 Å². The van der Waals surface area contributed by atoms with Crippen LogP contribution in [0.5, 0.6) is 0 Å². The van der Waals surface area contributed by atoms with Gasteiger partial charge in [-0.05, 0) is 17.7 Å². The zero-order valence-electron chi connectivity index (χ0n) is 10.4. The molecule has 0 aliphatic rings. The lowest BCUT2D eigenvalue weighted by Gasteiger charge is -2.04. The molecule has 0 amide bonds. The van der Waals surface area contributed by atoms with E-state index in [9.17, 15) is 13.2 Å². The molecule has 1 heterocycles. The molecule has 0 spiro atoms. The number of halogens is 3. The van der Waals surface area contributed by atoms with E-state index in [1.54, 1.807) is 18.2 Å². The highest BCUT2D eigenvalue weighted by Crippen LogP contribution is 2.19. The summed E-state index contributed by atoms with van der Waals surface area (Å²) in [4.78, 5) is 3.96. The Morgan fingerprint density at radius 1 is 1.30 bits per heavy atom. The monoisotopic (exact) mass is 287 g/mol. The largest absolute Gasteiger partial charge is 0.411 e. The third kappa shape index (κ3) is 4.04. The average Bonchev–Trinajstić information content (AvgIpc) is 2.86. The van der Waals surface area contributed by atoms with Gasteiger partial charge in [0, 0.05) is 12.1 Å². The fourth-order valence-electron chi connectivity index (χ4n) is 1.52. The maximum atomic E-state index is 11.9. The number of hydrogen-bond acceptors (Lipinski definition) is 5. The van der Waals surface area contributed by atoms with Crippen molar-refractivity contribution in [2.75, 3.05) is 6.61 Å². The van der Waals surface area contributed by atoms with Gasteiger partial charge in [0.25, 0.3) is 5.89 Å². The summed E-state index contributed by atoms with van der Waals surface area (Å²) < 4.78 is 45.2. The van der Waals surface area contributed by atoms with Crippen LogP contribution in [0.1, 0.15) is 11.4 Å². The van der Waals surface area contributed by atoms with Crippen LogP contribution in [0.3, 0.4) is 0 Å². The molecular formula is C12H12F3N3O2. The van der Waals surface area contributed by atoms with E-state index < -0.39 is 12.8 Å². The molecule has 0 radical (unpaired) electrons. The molecule has 2 rings (SSSR count). The van der Waals surface area contributed by atoms with Crippen molar-refractivity contribution in [1.82, 2.24) is 10.1 Å². The first-order chi connectivity index (χ1) is 9.48. The minimum atomic E-state index is -4.37. The van der Waals surface area contributed by atoms with E-state index in [-0.39, 0.29) is 18.3 Å². The molecular weight excluding hydrogens is 275 g/mol. The Morgan fingerprint density at radius 3 is 2.80 bits per heavy atom. The van der Waals surface area contributed by atoms with Crippen molar-refractivity contribution in [3.63, 3.8) is 0 Å². The predicted octanol–water partition coefficient (Wildman–Crippen LogP) is 2.27. The Bertz CT molecular complexity index is 569. The maximum Gasteiger partial charge on any atom is 0.411 e. The minimum Gasteiger partial charge on any atom is -0.364 e. The number of nitrogens with two attached hydrogens (primary N) is 1. The first-order valence-corrected chi connectivity index (χ1v) is 5.74. The molecule has 0 bridgehead atoms. The van der Waals surface area contributed by atoms with Crippen molar-refractivity contribution in [2.45, 2.75) is 19.3 Å². The van der Waals surface area contributed by atoms with Crippen LogP contribution in [0.4, 0.5) is 13.2 Å². The van der Waals surface area contributed by atoms with Crippen LogP contribution in [-0.4, -0.2) is 22.9 Å². The fraction of sp³-hybridized carbons (Fsp3) is 0.333. The highest BCUT2D eigenvalue weighted by atomic mass is 19.4. The Hall–Kier alpha value is -1.93. The lowest BCUT2D eigenvalue weighted by Crippen LogP contribution is -2.16. The SMILES string of the molecule is NCc1cccc(-c2nc(COCC(F)(F)F)no2)c1. The van der Waals surface area contributed by atoms with E-state index in [1.165, 1.54) is 0 Å². The van der Waals surface area contributed by atoms with E-state index >= 15 is 0 Å². The van der Waals surface area contributed by atoms with E-state index in [0.717, 1.165) is 5.56 Å². The highest BCUT2D eigenvalue weighted by Gasteiger charge is 2.27. The summed E-state index contributed by atoms with van der Waals surface area (Å²) in [5.41, 5.74) is 7.06. The van der Waals surface area contributed by atoms with E-state index in [1.807, 2.05) is 6.07 Å². The molecule has 0 aliphatic carbocycles. The van der Waals surface area contributed by atoms with Gasteiger partial charge in [-0.3, -0.25) is 0 Å². The van der Waals surface area contributed by atoms with Crippen LogP contribution in [-0.2, 0) is 17.9 Å². The molecule has 1 aromatic carbocycles. The van der Waals surface area contributed by atoms with Crippen LogP contribution >= 0.6 is 0 Å². The number of nitrogens with zero attached hydrogens (tertiary/aromatic N) is 2. The molecule has 20 heavy (non-hydrogen) atoms. The molecule has 108 valence electrons. The summed E-state index contributed by atoms with van der Waals surface area (Å²) in [6, 6.07) is 7.13. The highest BCUT2D eigenvalue weighted by molar-refractivity contribution is 5.53. The average molecular weight is 287 g/mol. The number of aromatic nitrogens is 2. The maximum absolute atomic E-state index is 11.9. The number of rotatable bonds is 5. The van der Waals surface area contributed by atoms with Crippen LogP contribution in [0.15, 0.2) is 28.8 Å². The second kappa shape index (κ2) is 6.02. The Labute approximate surface area is 112 Å². The Balaban J connectivity index is 2.01. The predicted molar refractivity (Wildman–Crippen MR) is 63.3 cm³/mol. The van der Waals surface area contributed by atoms with Gasteiger partial charge in [-0.2, -0.15) is 18.2 Å². The molecule has 2 aromatic rings. The number of benzene rings is 1. The van der Waals surface area contributed by atoms with Crippen molar-refractivity contribution in [1.29, 1.82) is 0 Å². The minimum absolute atomic E-state index is 0.0578. The lowest BCUT2D eigenvalue weighted by molar-refractivity contribution is -0.177.